The number of ether oxygens (including phenoxy) is 3. The second-order valence-electron chi connectivity index (χ2n) is 7.97. The van der Waals surface area contributed by atoms with Gasteiger partial charge in [0.1, 0.15) is 5.75 Å². The number of hydrogen-bond donors (Lipinski definition) is 1. The Balaban J connectivity index is 1.46. The van der Waals surface area contributed by atoms with Crippen LogP contribution in [0.25, 0.3) is 0 Å². The van der Waals surface area contributed by atoms with Crippen LogP contribution in [0.3, 0.4) is 0 Å². The van der Waals surface area contributed by atoms with Crippen LogP contribution in [-0.2, 0) is 29.1 Å². The summed E-state index contributed by atoms with van der Waals surface area (Å²) in [5, 5.41) is 2.63. The molecule has 2 aromatic rings. The molecule has 1 aliphatic rings. The summed E-state index contributed by atoms with van der Waals surface area (Å²) in [5.41, 5.74) is 2.12. The van der Waals surface area contributed by atoms with Crippen molar-refractivity contribution in [2.24, 2.45) is 0 Å². The summed E-state index contributed by atoms with van der Waals surface area (Å²) in [6.45, 7) is 4.87. The van der Waals surface area contributed by atoms with Gasteiger partial charge in [0.15, 0.2) is 6.61 Å². The molecule has 0 aliphatic carbocycles. The zero-order valence-corrected chi connectivity index (χ0v) is 20.2. The van der Waals surface area contributed by atoms with Crippen LogP contribution in [0.1, 0.15) is 24.0 Å². The number of carbonyl (C=O) groups is 2. The lowest BCUT2D eigenvalue weighted by Gasteiger charge is -2.26. The number of anilines is 1. The highest BCUT2D eigenvalue weighted by Gasteiger charge is 2.27. The largest absolute Gasteiger partial charge is 0.494 e. The van der Waals surface area contributed by atoms with Crippen molar-refractivity contribution >= 4 is 27.6 Å². The van der Waals surface area contributed by atoms with E-state index in [4.69, 9.17) is 14.2 Å². The number of rotatable bonds is 10. The molecule has 9 nitrogen and oxygen atoms in total. The Morgan fingerprint density at radius 1 is 1.09 bits per heavy atom. The van der Waals surface area contributed by atoms with Gasteiger partial charge in [0.2, 0.25) is 10.0 Å². The third-order valence-electron chi connectivity index (χ3n) is 5.24. The molecule has 2 aromatic carbocycles. The fraction of sp³-hybridized carbons (Fsp3) is 0.417. The minimum atomic E-state index is -3.69. The lowest BCUT2D eigenvalue weighted by atomic mass is 10.2. The molecule has 1 N–H and O–H groups in total. The molecule has 1 heterocycles. The van der Waals surface area contributed by atoms with Crippen molar-refractivity contribution in [3.63, 3.8) is 0 Å². The topological polar surface area (TPSA) is 111 Å². The van der Waals surface area contributed by atoms with Gasteiger partial charge in [-0.25, -0.2) is 8.42 Å². The van der Waals surface area contributed by atoms with Gasteiger partial charge in [0.25, 0.3) is 5.91 Å². The first-order chi connectivity index (χ1) is 16.3. The molecular formula is C24H30N2O7S. The molecule has 184 valence electrons. The van der Waals surface area contributed by atoms with E-state index in [0.717, 1.165) is 11.3 Å². The van der Waals surface area contributed by atoms with Gasteiger partial charge in [0, 0.05) is 25.2 Å². The third kappa shape index (κ3) is 7.28. The van der Waals surface area contributed by atoms with Crippen LogP contribution < -0.4 is 10.1 Å². The van der Waals surface area contributed by atoms with Crippen LogP contribution in [0.4, 0.5) is 5.69 Å². The molecule has 1 amide bonds. The minimum Gasteiger partial charge on any atom is -0.494 e. The molecule has 3 rings (SSSR count). The zero-order valence-electron chi connectivity index (χ0n) is 19.4. The van der Waals surface area contributed by atoms with Gasteiger partial charge >= 0.3 is 5.97 Å². The summed E-state index contributed by atoms with van der Waals surface area (Å²) in [6.07, 6.45) is 0.570. The van der Waals surface area contributed by atoms with Gasteiger partial charge in [0.05, 0.1) is 24.7 Å². The van der Waals surface area contributed by atoms with E-state index in [-0.39, 0.29) is 24.4 Å². The van der Waals surface area contributed by atoms with Crippen molar-refractivity contribution in [3.05, 3.63) is 53.6 Å². The van der Waals surface area contributed by atoms with Gasteiger partial charge in [-0.3, -0.25) is 9.59 Å². The Morgan fingerprint density at radius 3 is 2.59 bits per heavy atom. The smallest absolute Gasteiger partial charge is 0.306 e. The van der Waals surface area contributed by atoms with E-state index in [0.29, 0.717) is 37.5 Å². The number of carbonyl (C=O) groups excluding carboxylic acids is 2. The maximum Gasteiger partial charge on any atom is 0.306 e. The summed E-state index contributed by atoms with van der Waals surface area (Å²) in [7, 11) is -3.69. The summed E-state index contributed by atoms with van der Waals surface area (Å²) in [4.78, 5) is 24.3. The van der Waals surface area contributed by atoms with Gasteiger partial charge in [-0.2, -0.15) is 4.31 Å². The molecule has 34 heavy (non-hydrogen) atoms. The number of nitrogens with zero attached hydrogens (tertiary/aromatic N) is 1. The van der Waals surface area contributed by atoms with Crippen molar-refractivity contribution in [2.45, 2.75) is 31.6 Å². The maximum absolute atomic E-state index is 12.9. The number of benzene rings is 2. The van der Waals surface area contributed by atoms with E-state index >= 15 is 0 Å². The zero-order chi connectivity index (χ0) is 24.6. The van der Waals surface area contributed by atoms with Gasteiger partial charge in [-0.1, -0.05) is 18.2 Å². The van der Waals surface area contributed by atoms with Crippen molar-refractivity contribution in [3.8, 4) is 5.75 Å². The van der Waals surface area contributed by atoms with Crippen LogP contribution >= 0.6 is 0 Å². The summed E-state index contributed by atoms with van der Waals surface area (Å²) in [5.74, 6) is -0.322. The van der Waals surface area contributed by atoms with Crippen molar-refractivity contribution in [1.82, 2.24) is 4.31 Å². The number of aryl methyl sites for hydroxylation is 2. The van der Waals surface area contributed by atoms with E-state index in [1.807, 2.05) is 31.2 Å². The van der Waals surface area contributed by atoms with Gasteiger partial charge in [-0.05, 0) is 55.7 Å². The third-order valence-corrected chi connectivity index (χ3v) is 7.13. The molecule has 1 aliphatic heterocycles. The molecule has 10 heteroatoms. The molecule has 0 saturated carbocycles. The Hall–Kier alpha value is -2.95. The van der Waals surface area contributed by atoms with Crippen LogP contribution in [0.2, 0.25) is 0 Å². The van der Waals surface area contributed by atoms with E-state index in [9.17, 15) is 18.0 Å². The molecular weight excluding hydrogens is 460 g/mol. The minimum absolute atomic E-state index is 0.0842. The number of esters is 1. The Morgan fingerprint density at radius 2 is 1.85 bits per heavy atom. The highest BCUT2D eigenvalue weighted by Crippen LogP contribution is 2.23. The predicted molar refractivity (Wildman–Crippen MR) is 126 cm³/mol. The first-order valence-electron chi connectivity index (χ1n) is 11.1. The first-order valence-corrected chi connectivity index (χ1v) is 12.5. The Kier molecular flexibility index (Phi) is 9.03. The average Bonchev–Trinajstić information content (AvgIpc) is 2.82. The van der Waals surface area contributed by atoms with Gasteiger partial charge < -0.3 is 19.5 Å². The van der Waals surface area contributed by atoms with Crippen LogP contribution in [-0.4, -0.2) is 64.1 Å². The molecule has 1 fully saturated rings. The number of hydrogen-bond acceptors (Lipinski definition) is 7. The Labute approximate surface area is 200 Å². The van der Waals surface area contributed by atoms with E-state index < -0.39 is 28.5 Å². The molecule has 0 radical (unpaired) electrons. The average molecular weight is 491 g/mol. The van der Waals surface area contributed by atoms with Crippen LogP contribution in [0, 0.1) is 13.8 Å². The van der Waals surface area contributed by atoms with Gasteiger partial charge in [-0.15, -0.1) is 0 Å². The SMILES string of the molecule is Cc1cccc(OCCCC(=O)OCC(=O)Nc2cc(S(=O)(=O)N3CCOCC3)ccc2C)c1. The van der Waals surface area contributed by atoms with E-state index in [1.54, 1.807) is 13.0 Å². The number of amides is 1. The van der Waals surface area contributed by atoms with Crippen molar-refractivity contribution < 1.29 is 32.2 Å². The van der Waals surface area contributed by atoms with Crippen LogP contribution in [0.15, 0.2) is 47.4 Å². The van der Waals surface area contributed by atoms with E-state index in [2.05, 4.69) is 5.32 Å². The molecule has 1 saturated heterocycles. The lowest BCUT2D eigenvalue weighted by molar-refractivity contribution is -0.147. The second kappa shape index (κ2) is 12.0. The fourth-order valence-corrected chi connectivity index (χ4v) is 4.78. The highest BCUT2D eigenvalue weighted by molar-refractivity contribution is 7.89. The van der Waals surface area contributed by atoms with E-state index in [1.165, 1.54) is 16.4 Å². The highest BCUT2D eigenvalue weighted by atomic mass is 32.2. The number of morpholine rings is 1. The molecule has 0 unspecified atom stereocenters. The second-order valence-corrected chi connectivity index (χ2v) is 9.91. The summed E-state index contributed by atoms with van der Waals surface area (Å²) in [6, 6.07) is 12.2. The van der Waals surface area contributed by atoms with Crippen molar-refractivity contribution in [2.75, 3.05) is 44.8 Å². The number of nitrogens with one attached hydrogen (secondary N) is 1. The molecule has 0 atom stereocenters. The standard InChI is InChI=1S/C24H30N2O7S/c1-18-5-3-6-20(15-18)32-12-4-7-24(28)33-17-23(27)25-22-16-21(9-8-19(22)2)34(29,30)26-10-13-31-14-11-26/h3,5-6,8-9,15-16H,4,7,10-14,17H2,1-2H3,(H,25,27). The summed E-state index contributed by atoms with van der Waals surface area (Å²) < 4.78 is 42.9. The lowest BCUT2D eigenvalue weighted by Crippen LogP contribution is -2.40. The maximum atomic E-state index is 12.9. The summed E-state index contributed by atoms with van der Waals surface area (Å²) >= 11 is 0. The van der Waals surface area contributed by atoms with Crippen LogP contribution in [0.5, 0.6) is 5.75 Å². The number of sulfonamides is 1. The normalized spacial score (nSPS) is 14.4. The Bertz CT molecular complexity index is 1110. The predicted octanol–water partition coefficient (Wildman–Crippen LogP) is 2.67. The fourth-order valence-electron chi connectivity index (χ4n) is 3.35. The molecule has 0 bridgehead atoms. The quantitative estimate of drug-likeness (QED) is 0.403. The molecule has 0 spiro atoms. The first kappa shape index (κ1) is 25.7. The monoisotopic (exact) mass is 490 g/mol. The van der Waals surface area contributed by atoms with Crippen molar-refractivity contribution in [1.29, 1.82) is 0 Å². The molecule has 0 aromatic heterocycles.